The van der Waals surface area contributed by atoms with Gasteiger partial charge in [0.2, 0.25) is 11.9 Å². The summed E-state index contributed by atoms with van der Waals surface area (Å²) < 4.78 is 27.4. The molecule has 0 aliphatic carbocycles. The normalized spacial score (nSPS) is 16.7. The van der Waals surface area contributed by atoms with Crippen molar-refractivity contribution in [3.63, 3.8) is 0 Å². The highest BCUT2D eigenvalue weighted by Gasteiger charge is 2.31. The minimum absolute atomic E-state index is 0.0812. The van der Waals surface area contributed by atoms with Crippen molar-refractivity contribution in [1.29, 1.82) is 0 Å². The number of anilines is 2. The number of ketones is 2. The first kappa shape index (κ1) is 38.4. The first-order valence-corrected chi connectivity index (χ1v) is 18.0. The van der Waals surface area contributed by atoms with Crippen LogP contribution in [0.5, 0.6) is 0 Å². The monoisotopic (exact) mass is 772 g/mol. The maximum Gasteiger partial charge on any atom is 0.255 e. The molecule has 4 aromatic heterocycles. The first-order valence-electron chi connectivity index (χ1n) is 18.0. The molecule has 2 saturated heterocycles. The van der Waals surface area contributed by atoms with E-state index in [0.717, 1.165) is 0 Å². The van der Waals surface area contributed by atoms with Crippen LogP contribution in [0.15, 0.2) is 114 Å². The Labute approximate surface area is 325 Å². The van der Waals surface area contributed by atoms with Crippen molar-refractivity contribution in [2.45, 2.75) is 12.2 Å². The SMILES string of the molecule is Cn1c(N2CCOC(C(=O)c3ccc(F)cc3)C2)nc(-c2ccncn2)cc1=O.Cn1c(N2CCOC(C(=O)c3ccccc3)C2)nc(-c2ccncn2)cc1=O. The molecule has 6 aromatic rings. The van der Waals surface area contributed by atoms with E-state index in [1.165, 1.54) is 58.2 Å². The van der Waals surface area contributed by atoms with Gasteiger partial charge in [0, 0.05) is 62.8 Å². The van der Waals surface area contributed by atoms with Gasteiger partial charge >= 0.3 is 0 Å². The van der Waals surface area contributed by atoms with Gasteiger partial charge in [-0.15, -0.1) is 0 Å². The summed E-state index contributed by atoms with van der Waals surface area (Å²) in [7, 11) is 3.29. The van der Waals surface area contributed by atoms with Gasteiger partial charge in [0.25, 0.3) is 11.1 Å². The second-order valence-electron chi connectivity index (χ2n) is 13.1. The first-order chi connectivity index (χ1) is 27.7. The Hall–Kier alpha value is -6.85. The largest absolute Gasteiger partial charge is 0.366 e. The highest BCUT2D eigenvalue weighted by molar-refractivity contribution is 6.00. The number of aromatic nitrogens is 8. The molecular weight excluding hydrogens is 736 g/mol. The third-order valence-corrected chi connectivity index (χ3v) is 9.38. The smallest absolute Gasteiger partial charge is 0.255 e. The quantitative estimate of drug-likeness (QED) is 0.206. The van der Waals surface area contributed by atoms with E-state index >= 15 is 0 Å². The summed E-state index contributed by atoms with van der Waals surface area (Å²) in [5.74, 6) is 0.170. The van der Waals surface area contributed by atoms with Gasteiger partial charge in [-0.25, -0.2) is 34.3 Å². The molecule has 2 aliphatic heterocycles. The molecule has 2 fully saturated rings. The van der Waals surface area contributed by atoms with E-state index in [1.54, 1.807) is 50.8 Å². The van der Waals surface area contributed by atoms with E-state index in [0.29, 0.717) is 78.6 Å². The molecule has 0 N–H and O–H groups in total. The van der Waals surface area contributed by atoms with Gasteiger partial charge in [-0.2, -0.15) is 0 Å². The van der Waals surface area contributed by atoms with Crippen molar-refractivity contribution in [3.05, 3.63) is 142 Å². The van der Waals surface area contributed by atoms with E-state index in [9.17, 15) is 23.6 Å². The van der Waals surface area contributed by atoms with E-state index < -0.39 is 18.0 Å². The number of carbonyl (C=O) groups excluding carboxylic acids is 2. The summed E-state index contributed by atoms with van der Waals surface area (Å²) in [6, 6.07) is 20.6. The molecule has 2 aromatic carbocycles. The van der Waals surface area contributed by atoms with Gasteiger partial charge in [0.15, 0.2) is 11.6 Å². The maximum atomic E-state index is 13.1. The van der Waals surface area contributed by atoms with Crippen LogP contribution in [0.2, 0.25) is 0 Å². The Balaban J connectivity index is 0.000000174. The minimum atomic E-state index is -0.742. The molecule has 2 atom stereocenters. The van der Waals surface area contributed by atoms with Crippen LogP contribution in [0.25, 0.3) is 22.8 Å². The van der Waals surface area contributed by atoms with Crippen LogP contribution in [0.1, 0.15) is 20.7 Å². The van der Waals surface area contributed by atoms with E-state index in [1.807, 2.05) is 28.0 Å². The third-order valence-electron chi connectivity index (χ3n) is 9.38. The molecule has 0 bridgehead atoms. The van der Waals surface area contributed by atoms with Gasteiger partial charge in [0.1, 0.15) is 30.7 Å². The standard InChI is InChI=1S/C20H18FN5O3.C20H19N5O3/c1-25-18(27)10-16(15-6-7-22-12-23-15)24-20(25)26-8-9-29-17(11-26)19(28)13-2-4-14(21)5-3-13;1-24-18(26)11-16(15-7-8-21-13-22-15)23-20(24)25-9-10-28-17(12-25)19(27)14-5-3-2-4-6-14/h2-7,10,12,17H,8-9,11H2,1H3;2-8,11,13,17H,9-10,12H2,1H3. The van der Waals surface area contributed by atoms with E-state index in [2.05, 4.69) is 29.9 Å². The van der Waals surface area contributed by atoms with Crippen molar-refractivity contribution >= 4 is 23.5 Å². The Morgan fingerprint density at radius 2 is 1.09 bits per heavy atom. The molecule has 0 spiro atoms. The highest BCUT2D eigenvalue weighted by atomic mass is 19.1. The topological polar surface area (TPSA) is 180 Å². The van der Waals surface area contributed by atoms with Crippen LogP contribution in [-0.4, -0.2) is 102 Å². The maximum absolute atomic E-state index is 13.1. The zero-order valence-corrected chi connectivity index (χ0v) is 31.0. The molecule has 6 heterocycles. The zero-order valence-electron chi connectivity index (χ0n) is 31.0. The Kier molecular flexibility index (Phi) is 11.7. The molecule has 2 unspecified atom stereocenters. The fourth-order valence-electron chi connectivity index (χ4n) is 6.33. The number of carbonyl (C=O) groups is 2. The van der Waals surface area contributed by atoms with Gasteiger partial charge in [-0.1, -0.05) is 30.3 Å². The predicted octanol–water partition coefficient (Wildman–Crippen LogP) is 2.79. The van der Waals surface area contributed by atoms with Crippen molar-refractivity contribution < 1.29 is 23.5 Å². The average Bonchev–Trinajstić information content (AvgIpc) is 3.26. The van der Waals surface area contributed by atoms with Gasteiger partial charge in [-0.3, -0.25) is 28.3 Å². The number of ether oxygens (including phenoxy) is 2. The lowest BCUT2D eigenvalue weighted by atomic mass is 10.0. The van der Waals surface area contributed by atoms with Crippen LogP contribution in [0, 0.1) is 5.82 Å². The van der Waals surface area contributed by atoms with Crippen LogP contribution in [0.3, 0.4) is 0 Å². The number of halogens is 1. The second-order valence-corrected chi connectivity index (χ2v) is 13.1. The predicted molar refractivity (Wildman–Crippen MR) is 206 cm³/mol. The second kappa shape index (κ2) is 17.3. The lowest BCUT2D eigenvalue weighted by Crippen LogP contribution is -2.48. The average molecular weight is 773 g/mol. The van der Waals surface area contributed by atoms with Crippen LogP contribution in [0.4, 0.5) is 16.3 Å². The number of nitrogens with zero attached hydrogens (tertiary/aromatic N) is 10. The lowest BCUT2D eigenvalue weighted by molar-refractivity contribution is 0.0335. The van der Waals surface area contributed by atoms with Crippen molar-refractivity contribution in [2.75, 3.05) is 49.2 Å². The number of hydrogen-bond donors (Lipinski definition) is 0. The number of morpholine rings is 2. The molecule has 0 amide bonds. The van der Waals surface area contributed by atoms with Crippen LogP contribution < -0.4 is 20.9 Å². The van der Waals surface area contributed by atoms with Crippen LogP contribution in [-0.2, 0) is 23.6 Å². The molecule has 0 saturated carbocycles. The van der Waals surface area contributed by atoms with Crippen molar-refractivity contribution in [3.8, 4) is 22.8 Å². The molecule has 2 aliphatic rings. The highest BCUT2D eigenvalue weighted by Crippen LogP contribution is 2.22. The summed E-state index contributed by atoms with van der Waals surface area (Å²) >= 11 is 0. The fourth-order valence-corrected chi connectivity index (χ4v) is 6.33. The summed E-state index contributed by atoms with van der Waals surface area (Å²) in [6.07, 6.45) is 4.62. The number of hydrogen-bond acceptors (Lipinski definition) is 14. The molecule has 17 heteroatoms. The molecule has 290 valence electrons. The summed E-state index contributed by atoms with van der Waals surface area (Å²) in [5, 5.41) is 0. The molecule has 8 rings (SSSR count). The van der Waals surface area contributed by atoms with Gasteiger partial charge in [0.05, 0.1) is 49.1 Å². The van der Waals surface area contributed by atoms with Gasteiger partial charge < -0.3 is 19.3 Å². The number of benzene rings is 2. The molecule has 0 radical (unpaired) electrons. The summed E-state index contributed by atoms with van der Waals surface area (Å²) in [6.45, 7) is 2.22. The number of rotatable bonds is 8. The molecule has 57 heavy (non-hydrogen) atoms. The third kappa shape index (κ3) is 8.84. The Bertz CT molecular complexity index is 2470. The number of Topliss-reactive ketones (excluding diaryl/α,β-unsaturated/α-hetero) is 2. The summed E-state index contributed by atoms with van der Waals surface area (Å²) in [5.41, 5.74) is 2.54. The van der Waals surface area contributed by atoms with Crippen LogP contribution >= 0.6 is 0 Å². The van der Waals surface area contributed by atoms with E-state index in [4.69, 9.17) is 9.47 Å². The Morgan fingerprint density at radius 3 is 1.53 bits per heavy atom. The van der Waals surface area contributed by atoms with Crippen molar-refractivity contribution in [1.82, 2.24) is 39.0 Å². The minimum Gasteiger partial charge on any atom is -0.366 e. The molecule has 16 nitrogen and oxygen atoms in total. The van der Waals surface area contributed by atoms with Gasteiger partial charge in [-0.05, 0) is 36.4 Å². The fraction of sp³-hybridized carbons (Fsp3) is 0.250. The summed E-state index contributed by atoms with van der Waals surface area (Å²) in [4.78, 5) is 79.5. The lowest BCUT2D eigenvalue weighted by Gasteiger charge is -2.33. The zero-order chi connectivity index (χ0) is 39.9. The molecular formula is C40H37FN10O6. The van der Waals surface area contributed by atoms with Crippen molar-refractivity contribution in [2.24, 2.45) is 14.1 Å². The van der Waals surface area contributed by atoms with E-state index in [-0.39, 0.29) is 29.2 Å². The Morgan fingerprint density at radius 1 is 0.632 bits per heavy atom.